The van der Waals surface area contributed by atoms with Gasteiger partial charge in [0, 0.05) is 30.4 Å². The Labute approximate surface area is 199 Å². The highest BCUT2D eigenvalue weighted by atomic mass is 19.4. The molecule has 188 valence electrons. The standard InChI is InChI=1S/C24H25F5N4O2/c1-16(23(34,13-33-15-30-14-31-33)21-6-5-18(25)12-22(21)26)35-20-7-9-32(10-8-20)19-4-2-3-17(11-19)24(27,28)29/h2-6,11-12,14-16,20,34H,7-10,13H2,1H3/t16-,23-/m1/s1. The Morgan fingerprint density at radius 3 is 2.49 bits per heavy atom. The van der Waals surface area contributed by atoms with Crippen LogP contribution in [0.3, 0.4) is 0 Å². The van der Waals surface area contributed by atoms with E-state index in [0.29, 0.717) is 37.7 Å². The van der Waals surface area contributed by atoms with E-state index in [-0.39, 0.29) is 18.2 Å². The fourth-order valence-electron chi connectivity index (χ4n) is 4.36. The number of alkyl halides is 3. The third-order valence-electron chi connectivity index (χ3n) is 6.32. The zero-order valence-electron chi connectivity index (χ0n) is 18.9. The molecule has 2 heterocycles. The summed E-state index contributed by atoms with van der Waals surface area (Å²) in [5.41, 5.74) is -2.25. The molecule has 0 unspecified atom stereocenters. The van der Waals surface area contributed by atoms with Crippen LogP contribution in [-0.4, -0.2) is 45.2 Å². The SMILES string of the molecule is C[C@@H](OC1CCN(c2cccc(C(F)(F)F)c2)CC1)[C@](O)(Cn1cncn1)c1ccc(F)cc1F. The summed E-state index contributed by atoms with van der Waals surface area (Å²) in [6.07, 6.45) is -2.03. The molecule has 3 aromatic rings. The molecule has 0 bridgehead atoms. The number of hydrogen-bond acceptors (Lipinski definition) is 5. The van der Waals surface area contributed by atoms with E-state index < -0.39 is 35.1 Å². The van der Waals surface area contributed by atoms with Crippen LogP contribution < -0.4 is 4.90 Å². The van der Waals surface area contributed by atoms with Crippen LogP contribution in [0.1, 0.15) is 30.9 Å². The molecule has 4 rings (SSSR count). The van der Waals surface area contributed by atoms with Crippen molar-refractivity contribution < 1.29 is 31.8 Å². The molecule has 1 fully saturated rings. The summed E-state index contributed by atoms with van der Waals surface area (Å²) in [7, 11) is 0. The van der Waals surface area contributed by atoms with Gasteiger partial charge in [0.15, 0.2) is 0 Å². The maximum Gasteiger partial charge on any atom is 0.416 e. The summed E-state index contributed by atoms with van der Waals surface area (Å²) >= 11 is 0. The Morgan fingerprint density at radius 2 is 1.86 bits per heavy atom. The monoisotopic (exact) mass is 496 g/mol. The third-order valence-corrected chi connectivity index (χ3v) is 6.32. The van der Waals surface area contributed by atoms with Crippen LogP contribution in [0.2, 0.25) is 0 Å². The molecule has 11 heteroatoms. The largest absolute Gasteiger partial charge is 0.416 e. The van der Waals surface area contributed by atoms with Crippen LogP contribution in [0, 0.1) is 11.6 Å². The van der Waals surface area contributed by atoms with Gasteiger partial charge in [-0.05, 0) is 44.0 Å². The molecular formula is C24H25F5N4O2. The lowest BCUT2D eigenvalue weighted by Gasteiger charge is -2.39. The average Bonchev–Trinajstić information content (AvgIpc) is 3.31. The highest BCUT2D eigenvalue weighted by Gasteiger charge is 2.41. The smallest absolute Gasteiger partial charge is 0.380 e. The second kappa shape index (κ2) is 9.90. The van der Waals surface area contributed by atoms with E-state index in [4.69, 9.17) is 4.74 Å². The number of piperidine rings is 1. The number of aliphatic hydroxyl groups is 1. The number of anilines is 1. The number of hydrogen-bond donors (Lipinski definition) is 1. The van der Waals surface area contributed by atoms with E-state index in [1.54, 1.807) is 13.0 Å². The summed E-state index contributed by atoms with van der Waals surface area (Å²) in [4.78, 5) is 5.69. The van der Waals surface area contributed by atoms with Crippen molar-refractivity contribution in [2.75, 3.05) is 18.0 Å². The Balaban J connectivity index is 1.47. The Hall–Kier alpha value is -3.05. The van der Waals surface area contributed by atoms with E-state index >= 15 is 0 Å². The highest BCUT2D eigenvalue weighted by molar-refractivity contribution is 5.49. The maximum absolute atomic E-state index is 14.7. The van der Waals surface area contributed by atoms with Crippen molar-refractivity contribution in [3.8, 4) is 0 Å². The first-order valence-electron chi connectivity index (χ1n) is 11.1. The van der Waals surface area contributed by atoms with Gasteiger partial charge < -0.3 is 14.7 Å². The topological polar surface area (TPSA) is 63.4 Å². The van der Waals surface area contributed by atoms with Crippen LogP contribution >= 0.6 is 0 Å². The van der Waals surface area contributed by atoms with Crippen LogP contribution in [0.5, 0.6) is 0 Å². The normalized spacial score (nSPS) is 17.9. The lowest BCUT2D eigenvalue weighted by Crippen LogP contribution is -2.47. The van der Waals surface area contributed by atoms with Gasteiger partial charge >= 0.3 is 6.18 Å². The number of rotatable bonds is 7. The van der Waals surface area contributed by atoms with Gasteiger partial charge in [0.2, 0.25) is 0 Å². The first-order chi connectivity index (χ1) is 16.6. The third kappa shape index (κ3) is 5.62. The number of ether oxygens (including phenoxy) is 1. The lowest BCUT2D eigenvalue weighted by molar-refractivity contribution is -0.145. The fraction of sp³-hybridized carbons (Fsp3) is 0.417. The molecule has 1 aromatic heterocycles. The van der Waals surface area contributed by atoms with E-state index in [1.807, 2.05) is 4.90 Å². The van der Waals surface area contributed by atoms with Crippen molar-refractivity contribution in [3.05, 3.63) is 77.9 Å². The van der Waals surface area contributed by atoms with Crippen molar-refractivity contribution in [2.24, 2.45) is 0 Å². The van der Waals surface area contributed by atoms with Gasteiger partial charge in [-0.3, -0.25) is 0 Å². The fourth-order valence-corrected chi connectivity index (χ4v) is 4.36. The minimum atomic E-state index is -4.42. The molecule has 0 saturated carbocycles. The minimum Gasteiger partial charge on any atom is -0.380 e. The van der Waals surface area contributed by atoms with Gasteiger partial charge in [-0.25, -0.2) is 18.4 Å². The quantitative estimate of drug-likeness (QED) is 0.487. The van der Waals surface area contributed by atoms with Crippen molar-refractivity contribution >= 4 is 5.69 Å². The summed E-state index contributed by atoms with van der Waals surface area (Å²) in [6.45, 7) is 2.31. The molecule has 1 N–H and O–H groups in total. The molecule has 2 aromatic carbocycles. The number of halogens is 5. The van der Waals surface area contributed by atoms with Crippen LogP contribution in [0.4, 0.5) is 27.6 Å². The second-order valence-electron chi connectivity index (χ2n) is 8.65. The molecule has 0 amide bonds. The zero-order chi connectivity index (χ0) is 25.2. The van der Waals surface area contributed by atoms with Gasteiger partial charge in [-0.2, -0.15) is 18.3 Å². The molecule has 2 atom stereocenters. The van der Waals surface area contributed by atoms with Crippen molar-refractivity contribution in [3.63, 3.8) is 0 Å². The number of benzene rings is 2. The Kier molecular flexibility index (Phi) is 7.09. The molecule has 0 radical (unpaired) electrons. The van der Waals surface area contributed by atoms with Crippen LogP contribution in [-0.2, 0) is 23.1 Å². The van der Waals surface area contributed by atoms with Crippen molar-refractivity contribution in [2.45, 2.75) is 50.3 Å². The average molecular weight is 496 g/mol. The number of aromatic nitrogens is 3. The summed E-state index contributed by atoms with van der Waals surface area (Å²) < 4.78 is 74.8. The molecule has 1 saturated heterocycles. The molecule has 1 aliphatic heterocycles. The zero-order valence-corrected chi connectivity index (χ0v) is 18.9. The summed E-state index contributed by atoms with van der Waals surface area (Å²) in [5, 5.41) is 15.5. The van der Waals surface area contributed by atoms with Crippen molar-refractivity contribution in [1.82, 2.24) is 14.8 Å². The molecular weight excluding hydrogens is 471 g/mol. The molecule has 35 heavy (non-hydrogen) atoms. The number of nitrogens with zero attached hydrogens (tertiary/aromatic N) is 4. The predicted octanol–water partition coefficient (Wildman–Crippen LogP) is 4.54. The van der Waals surface area contributed by atoms with E-state index in [9.17, 15) is 27.1 Å². The summed E-state index contributed by atoms with van der Waals surface area (Å²) in [5.74, 6) is -1.69. The van der Waals surface area contributed by atoms with Gasteiger partial charge in [0.05, 0.1) is 24.3 Å². The van der Waals surface area contributed by atoms with Crippen LogP contribution in [0.25, 0.3) is 0 Å². The van der Waals surface area contributed by atoms with E-state index in [0.717, 1.165) is 18.2 Å². The first kappa shape index (κ1) is 25.1. The van der Waals surface area contributed by atoms with Gasteiger partial charge in [0.25, 0.3) is 0 Å². The molecule has 6 nitrogen and oxygen atoms in total. The minimum absolute atomic E-state index is 0.136. The van der Waals surface area contributed by atoms with E-state index in [1.165, 1.54) is 29.5 Å². The van der Waals surface area contributed by atoms with E-state index in [2.05, 4.69) is 10.1 Å². The van der Waals surface area contributed by atoms with Crippen molar-refractivity contribution in [1.29, 1.82) is 0 Å². The second-order valence-corrected chi connectivity index (χ2v) is 8.65. The van der Waals surface area contributed by atoms with Crippen LogP contribution in [0.15, 0.2) is 55.1 Å². The Bertz CT molecular complexity index is 1130. The predicted molar refractivity (Wildman–Crippen MR) is 118 cm³/mol. The summed E-state index contributed by atoms with van der Waals surface area (Å²) in [6, 6.07) is 8.10. The molecule has 0 spiro atoms. The Morgan fingerprint density at radius 1 is 1.11 bits per heavy atom. The van der Waals surface area contributed by atoms with Gasteiger partial charge in [0.1, 0.15) is 29.9 Å². The first-order valence-corrected chi connectivity index (χ1v) is 11.1. The van der Waals surface area contributed by atoms with Gasteiger partial charge in [-0.15, -0.1) is 0 Å². The maximum atomic E-state index is 14.7. The highest BCUT2D eigenvalue weighted by Crippen LogP contribution is 2.35. The molecule has 1 aliphatic rings. The lowest BCUT2D eigenvalue weighted by atomic mass is 9.87. The molecule has 0 aliphatic carbocycles. The van der Waals surface area contributed by atoms with Gasteiger partial charge in [-0.1, -0.05) is 12.1 Å².